The van der Waals surface area contributed by atoms with Gasteiger partial charge in [-0.2, -0.15) is 0 Å². The predicted octanol–water partition coefficient (Wildman–Crippen LogP) is 2.61. The number of rotatable bonds is 5. The minimum atomic E-state index is -0.0366. The van der Waals surface area contributed by atoms with E-state index in [1.54, 1.807) is 0 Å². The molecule has 0 bridgehead atoms. The molecule has 0 saturated heterocycles. The van der Waals surface area contributed by atoms with Crippen molar-refractivity contribution < 1.29 is 9.21 Å². The molecule has 3 heteroatoms. The van der Waals surface area contributed by atoms with Crippen LogP contribution in [-0.4, -0.2) is 10.8 Å². The third-order valence-corrected chi connectivity index (χ3v) is 1.91. The molecule has 3 nitrogen and oxygen atoms in total. The van der Waals surface area contributed by atoms with Crippen molar-refractivity contribution in [2.45, 2.75) is 39.5 Å². The molecule has 0 aliphatic rings. The molecule has 1 rings (SSSR count). The molecule has 0 aliphatic carbocycles. The maximum Gasteiger partial charge on any atom is 0.194 e. The van der Waals surface area contributed by atoms with Gasteiger partial charge in [0.1, 0.15) is 12.0 Å². The predicted molar refractivity (Wildman–Crippen MR) is 49.7 cm³/mol. The zero-order chi connectivity index (χ0) is 9.68. The molecule has 0 saturated carbocycles. The molecule has 0 aliphatic heterocycles. The number of oxazole rings is 1. The van der Waals surface area contributed by atoms with E-state index >= 15 is 0 Å². The number of hydrogen-bond donors (Lipinski definition) is 0. The molecule has 0 atom stereocenters. The van der Waals surface area contributed by atoms with Gasteiger partial charge in [0.25, 0.3) is 0 Å². The topological polar surface area (TPSA) is 43.1 Å². The summed E-state index contributed by atoms with van der Waals surface area (Å²) in [5, 5.41) is 0. The summed E-state index contributed by atoms with van der Waals surface area (Å²) in [6.07, 6.45) is 5.71. The average molecular weight is 181 g/mol. The summed E-state index contributed by atoms with van der Waals surface area (Å²) in [5.74, 6) is 0.643. The molecular weight excluding hydrogens is 166 g/mol. The molecule has 0 amide bonds. The Kier molecular flexibility index (Phi) is 3.68. The summed E-state index contributed by atoms with van der Waals surface area (Å²) in [5.41, 5.74) is 0.437. The van der Waals surface area contributed by atoms with Crippen molar-refractivity contribution in [1.29, 1.82) is 0 Å². The molecule has 0 spiro atoms. The molecular formula is C10H15NO2. The Hall–Kier alpha value is -1.12. The number of hydrogen-bond acceptors (Lipinski definition) is 3. The highest BCUT2D eigenvalue weighted by molar-refractivity contribution is 5.91. The number of aryl methyl sites for hydroxylation is 1. The van der Waals surface area contributed by atoms with E-state index in [1.807, 2.05) is 0 Å². The van der Waals surface area contributed by atoms with E-state index in [0.717, 1.165) is 12.8 Å². The Morgan fingerprint density at radius 1 is 1.54 bits per heavy atom. The maximum absolute atomic E-state index is 10.9. The molecule has 72 valence electrons. The van der Waals surface area contributed by atoms with Crippen molar-refractivity contribution >= 4 is 5.78 Å². The van der Waals surface area contributed by atoms with Gasteiger partial charge in [0.2, 0.25) is 0 Å². The molecule has 1 heterocycles. The molecule has 0 aromatic carbocycles. The first-order valence-electron chi connectivity index (χ1n) is 4.69. The smallest absolute Gasteiger partial charge is 0.194 e. The summed E-state index contributed by atoms with van der Waals surface area (Å²) in [6.45, 7) is 3.64. The number of ketones is 1. The fraction of sp³-hybridized carbons (Fsp3) is 0.600. The summed E-state index contributed by atoms with van der Waals surface area (Å²) in [4.78, 5) is 14.9. The quantitative estimate of drug-likeness (QED) is 0.518. The highest BCUT2D eigenvalue weighted by atomic mass is 16.3. The van der Waals surface area contributed by atoms with Crippen LogP contribution in [0.4, 0.5) is 0 Å². The number of nitrogens with zero attached hydrogens (tertiary/aromatic N) is 1. The van der Waals surface area contributed by atoms with Gasteiger partial charge in [-0.15, -0.1) is 0 Å². The molecule has 0 unspecified atom stereocenters. The van der Waals surface area contributed by atoms with Crippen LogP contribution in [0.2, 0.25) is 0 Å². The Labute approximate surface area is 78.2 Å². The van der Waals surface area contributed by atoms with Crippen LogP contribution in [0.15, 0.2) is 10.7 Å². The van der Waals surface area contributed by atoms with Gasteiger partial charge < -0.3 is 4.42 Å². The average Bonchev–Trinajstić information content (AvgIpc) is 2.53. The molecule has 1 aromatic rings. The zero-order valence-corrected chi connectivity index (χ0v) is 8.17. The van der Waals surface area contributed by atoms with E-state index in [-0.39, 0.29) is 5.78 Å². The van der Waals surface area contributed by atoms with E-state index in [9.17, 15) is 4.79 Å². The van der Waals surface area contributed by atoms with Crippen molar-refractivity contribution in [2.24, 2.45) is 0 Å². The van der Waals surface area contributed by atoms with E-state index < -0.39 is 0 Å². The highest BCUT2D eigenvalue weighted by Gasteiger charge is 2.06. The first-order chi connectivity index (χ1) is 6.24. The molecule has 1 aromatic heterocycles. The normalized spacial score (nSPS) is 10.3. The van der Waals surface area contributed by atoms with Crippen LogP contribution in [-0.2, 0) is 6.42 Å². The molecule has 0 radical (unpaired) electrons. The molecule has 0 fully saturated rings. The summed E-state index contributed by atoms with van der Waals surface area (Å²) in [7, 11) is 0. The first kappa shape index (κ1) is 9.96. The standard InChI is InChI=1S/C10H15NO2/c1-3-4-5-6-10-11-9(7-13-10)8(2)12/h7H,3-6H2,1-2H3. The van der Waals surface area contributed by atoms with E-state index in [4.69, 9.17) is 4.42 Å². The van der Waals surface area contributed by atoms with Crippen molar-refractivity contribution in [3.63, 3.8) is 0 Å². The van der Waals surface area contributed by atoms with Crippen LogP contribution in [0.1, 0.15) is 49.5 Å². The largest absolute Gasteiger partial charge is 0.448 e. The third kappa shape index (κ3) is 3.01. The number of carbonyl (C=O) groups is 1. The van der Waals surface area contributed by atoms with Crippen LogP contribution in [0.3, 0.4) is 0 Å². The molecule has 0 N–H and O–H groups in total. The van der Waals surface area contributed by atoms with Gasteiger partial charge in [-0.1, -0.05) is 19.8 Å². The Balaban J connectivity index is 2.44. The van der Waals surface area contributed by atoms with Crippen LogP contribution in [0.25, 0.3) is 0 Å². The Bertz CT molecular complexity index is 278. The van der Waals surface area contributed by atoms with E-state index in [2.05, 4.69) is 11.9 Å². The zero-order valence-electron chi connectivity index (χ0n) is 8.17. The van der Waals surface area contributed by atoms with Crippen LogP contribution >= 0.6 is 0 Å². The van der Waals surface area contributed by atoms with Gasteiger partial charge in [0.15, 0.2) is 11.7 Å². The monoisotopic (exact) mass is 181 g/mol. The van der Waals surface area contributed by atoms with Gasteiger partial charge in [0, 0.05) is 13.3 Å². The lowest BCUT2D eigenvalue weighted by Crippen LogP contribution is -1.93. The lowest BCUT2D eigenvalue weighted by molar-refractivity contribution is 0.101. The van der Waals surface area contributed by atoms with Gasteiger partial charge in [-0.25, -0.2) is 4.98 Å². The molecule has 13 heavy (non-hydrogen) atoms. The summed E-state index contributed by atoms with van der Waals surface area (Å²) >= 11 is 0. The Morgan fingerprint density at radius 2 is 2.31 bits per heavy atom. The second-order valence-electron chi connectivity index (χ2n) is 3.14. The third-order valence-electron chi connectivity index (χ3n) is 1.91. The van der Waals surface area contributed by atoms with Crippen molar-refractivity contribution in [1.82, 2.24) is 4.98 Å². The second kappa shape index (κ2) is 4.80. The minimum Gasteiger partial charge on any atom is -0.448 e. The van der Waals surface area contributed by atoms with E-state index in [0.29, 0.717) is 11.6 Å². The number of aromatic nitrogens is 1. The SMILES string of the molecule is CCCCCc1nc(C(C)=O)co1. The van der Waals surface area contributed by atoms with Gasteiger partial charge in [-0.3, -0.25) is 4.79 Å². The summed E-state index contributed by atoms with van der Waals surface area (Å²) in [6, 6.07) is 0. The lowest BCUT2D eigenvalue weighted by atomic mass is 10.2. The van der Waals surface area contributed by atoms with E-state index in [1.165, 1.54) is 26.0 Å². The number of Topliss-reactive ketones (excluding diaryl/α,β-unsaturated/α-hetero) is 1. The van der Waals surface area contributed by atoms with Crippen LogP contribution in [0, 0.1) is 0 Å². The first-order valence-corrected chi connectivity index (χ1v) is 4.69. The van der Waals surface area contributed by atoms with Crippen molar-refractivity contribution in [3.05, 3.63) is 17.8 Å². The van der Waals surface area contributed by atoms with Crippen LogP contribution in [0.5, 0.6) is 0 Å². The maximum atomic E-state index is 10.9. The Morgan fingerprint density at radius 3 is 2.85 bits per heavy atom. The highest BCUT2D eigenvalue weighted by Crippen LogP contribution is 2.07. The van der Waals surface area contributed by atoms with Crippen molar-refractivity contribution in [2.75, 3.05) is 0 Å². The number of carbonyl (C=O) groups excluding carboxylic acids is 1. The van der Waals surface area contributed by atoms with Gasteiger partial charge in [-0.05, 0) is 6.42 Å². The number of unbranched alkanes of at least 4 members (excludes halogenated alkanes) is 2. The van der Waals surface area contributed by atoms with Gasteiger partial charge in [0.05, 0.1) is 0 Å². The minimum absolute atomic E-state index is 0.0366. The summed E-state index contributed by atoms with van der Waals surface area (Å²) < 4.78 is 5.14. The van der Waals surface area contributed by atoms with Crippen LogP contribution < -0.4 is 0 Å². The van der Waals surface area contributed by atoms with Crippen molar-refractivity contribution in [3.8, 4) is 0 Å². The fourth-order valence-corrected chi connectivity index (χ4v) is 1.11. The fourth-order valence-electron chi connectivity index (χ4n) is 1.11. The second-order valence-corrected chi connectivity index (χ2v) is 3.14. The van der Waals surface area contributed by atoms with Gasteiger partial charge >= 0.3 is 0 Å². The lowest BCUT2D eigenvalue weighted by Gasteiger charge is -1.92.